The van der Waals surface area contributed by atoms with Gasteiger partial charge in [-0.05, 0) is 27.2 Å². The van der Waals surface area contributed by atoms with Crippen LogP contribution in [0.4, 0.5) is 10.6 Å². The number of nitrogens with zero attached hydrogens (tertiary/aromatic N) is 3. The van der Waals surface area contributed by atoms with Crippen molar-refractivity contribution in [3.63, 3.8) is 0 Å². The van der Waals surface area contributed by atoms with Crippen LogP contribution in [0.25, 0.3) is 0 Å². The highest BCUT2D eigenvalue weighted by Crippen LogP contribution is 2.30. The quantitative estimate of drug-likeness (QED) is 0.576. The topological polar surface area (TPSA) is 55.3 Å². The summed E-state index contributed by atoms with van der Waals surface area (Å²) in [5.41, 5.74) is 0.191. The lowest BCUT2D eigenvalue weighted by Gasteiger charge is -2.27. The molecule has 0 aromatic carbocycles. The molecule has 1 aliphatic rings. The minimum absolute atomic E-state index is 0.125. The Kier molecular flexibility index (Phi) is 4.75. The predicted molar refractivity (Wildman–Crippen MR) is 87.6 cm³/mol. The number of ether oxygens (including phenoxy) is 1. The molecule has 0 aliphatic carbocycles. The van der Waals surface area contributed by atoms with Crippen molar-refractivity contribution in [3.8, 4) is 0 Å². The van der Waals surface area contributed by atoms with Crippen LogP contribution in [-0.4, -0.2) is 28.2 Å². The maximum atomic E-state index is 12.5. The summed E-state index contributed by atoms with van der Waals surface area (Å²) in [6, 6.07) is 0. The predicted octanol–water partition coefficient (Wildman–Crippen LogP) is 4.11. The molecule has 0 saturated carbocycles. The van der Waals surface area contributed by atoms with Crippen LogP contribution in [-0.2, 0) is 11.2 Å². The van der Waals surface area contributed by atoms with Crippen LogP contribution in [0.15, 0.2) is 12.2 Å². The third-order valence-electron chi connectivity index (χ3n) is 3.11. The Bertz CT molecular complexity index is 606. The Morgan fingerprint density at radius 1 is 1.32 bits per heavy atom. The summed E-state index contributed by atoms with van der Waals surface area (Å²) < 4.78 is 5.48. The van der Waals surface area contributed by atoms with Crippen LogP contribution in [0.5, 0.6) is 0 Å². The van der Waals surface area contributed by atoms with E-state index in [9.17, 15) is 4.79 Å². The number of fused-ring (bicyclic) bond motifs is 1. The Balaban J connectivity index is 2.47. The summed E-state index contributed by atoms with van der Waals surface area (Å²) in [6.45, 7) is 9.91. The minimum atomic E-state index is -0.565. The number of amides is 1. The van der Waals surface area contributed by atoms with Gasteiger partial charge >= 0.3 is 6.09 Å². The zero-order valence-corrected chi connectivity index (χ0v) is 14.4. The highest BCUT2D eigenvalue weighted by Gasteiger charge is 2.28. The lowest BCUT2D eigenvalue weighted by molar-refractivity contribution is 0.0583. The van der Waals surface area contributed by atoms with Gasteiger partial charge < -0.3 is 4.74 Å². The molecule has 0 fully saturated rings. The SMILES string of the molecule is CC(C)c1nc(Cl)c2c(n1)N(C(=O)OC(C)(C)C)CC=CC2. The molecule has 0 unspecified atom stereocenters. The molecular formula is C16H22ClN3O2. The van der Waals surface area contributed by atoms with Gasteiger partial charge in [-0.3, -0.25) is 4.90 Å². The summed E-state index contributed by atoms with van der Waals surface area (Å²) in [7, 11) is 0. The third kappa shape index (κ3) is 3.77. The van der Waals surface area contributed by atoms with Gasteiger partial charge in [0.25, 0.3) is 0 Å². The first kappa shape index (κ1) is 16.7. The lowest BCUT2D eigenvalue weighted by atomic mass is 10.1. The van der Waals surface area contributed by atoms with E-state index in [-0.39, 0.29) is 5.92 Å². The van der Waals surface area contributed by atoms with E-state index in [2.05, 4.69) is 9.97 Å². The summed E-state index contributed by atoms with van der Waals surface area (Å²) in [5.74, 6) is 1.29. The second-order valence-electron chi connectivity index (χ2n) is 6.60. The summed E-state index contributed by atoms with van der Waals surface area (Å²) in [6.07, 6.45) is 4.06. The summed E-state index contributed by atoms with van der Waals surface area (Å²) >= 11 is 6.30. The largest absolute Gasteiger partial charge is 0.443 e. The highest BCUT2D eigenvalue weighted by molar-refractivity contribution is 6.30. The van der Waals surface area contributed by atoms with Gasteiger partial charge in [0.1, 0.15) is 22.4 Å². The number of hydrogen-bond acceptors (Lipinski definition) is 4. The lowest BCUT2D eigenvalue weighted by Crippen LogP contribution is -2.38. The zero-order chi connectivity index (χ0) is 16.5. The van der Waals surface area contributed by atoms with Crippen molar-refractivity contribution in [3.05, 3.63) is 28.7 Å². The highest BCUT2D eigenvalue weighted by atomic mass is 35.5. The van der Waals surface area contributed by atoms with E-state index >= 15 is 0 Å². The molecule has 2 heterocycles. The van der Waals surface area contributed by atoms with Crippen LogP contribution in [0.2, 0.25) is 5.15 Å². The molecule has 6 heteroatoms. The van der Waals surface area contributed by atoms with Gasteiger partial charge in [-0.1, -0.05) is 37.6 Å². The molecule has 0 N–H and O–H groups in total. The number of hydrogen-bond donors (Lipinski definition) is 0. The van der Waals surface area contributed by atoms with Crippen molar-refractivity contribution in [2.45, 2.75) is 52.6 Å². The van der Waals surface area contributed by atoms with Gasteiger partial charge in [0.2, 0.25) is 0 Å². The molecule has 1 aromatic heterocycles. The molecule has 1 aromatic rings. The van der Waals surface area contributed by atoms with Crippen molar-refractivity contribution >= 4 is 23.5 Å². The maximum absolute atomic E-state index is 12.5. The monoisotopic (exact) mass is 323 g/mol. The van der Waals surface area contributed by atoms with Crippen LogP contribution in [0, 0.1) is 0 Å². The molecule has 1 aliphatic heterocycles. The molecule has 0 spiro atoms. The van der Waals surface area contributed by atoms with Gasteiger partial charge in [-0.25, -0.2) is 14.8 Å². The van der Waals surface area contributed by atoms with Gasteiger partial charge in [0, 0.05) is 18.0 Å². The molecule has 22 heavy (non-hydrogen) atoms. The van der Waals surface area contributed by atoms with E-state index in [1.807, 2.05) is 46.8 Å². The Morgan fingerprint density at radius 3 is 2.59 bits per heavy atom. The second kappa shape index (κ2) is 6.24. The normalized spacial score (nSPS) is 14.8. The number of carbonyl (C=O) groups is 1. The van der Waals surface area contributed by atoms with E-state index in [1.165, 1.54) is 4.90 Å². The molecule has 0 saturated heterocycles. The first-order valence-corrected chi connectivity index (χ1v) is 7.78. The average Bonchev–Trinajstić information content (AvgIpc) is 2.59. The molecule has 120 valence electrons. The fourth-order valence-corrected chi connectivity index (χ4v) is 2.31. The molecule has 1 amide bonds. The van der Waals surface area contributed by atoms with Crippen LogP contribution < -0.4 is 4.90 Å². The Labute approximate surface area is 136 Å². The fourth-order valence-electron chi connectivity index (χ4n) is 2.06. The van der Waals surface area contributed by atoms with E-state index < -0.39 is 11.7 Å². The van der Waals surface area contributed by atoms with Crippen LogP contribution >= 0.6 is 11.6 Å². The molecule has 2 rings (SSSR count). The van der Waals surface area contributed by atoms with Crippen molar-refractivity contribution in [1.82, 2.24) is 9.97 Å². The van der Waals surface area contributed by atoms with E-state index in [0.717, 1.165) is 5.56 Å². The standard InChI is InChI=1S/C16H22ClN3O2/c1-10(2)13-18-12(17)11-8-6-7-9-20(14(11)19-13)15(21)22-16(3,4)5/h6-7,10H,8-9H2,1-5H3. The first-order valence-electron chi connectivity index (χ1n) is 7.41. The second-order valence-corrected chi connectivity index (χ2v) is 6.95. The number of aromatic nitrogens is 2. The van der Waals surface area contributed by atoms with E-state index in [0.29, 0.717) is 29.8 Å². The number of allylic oxidation sites excluding steroid dienone is 1. The molecular weight excluding hydrogens is 302 g/mol. The number of halogens is 1. The fraction of sp³-hybridized carbons (Fsp3) is 0.562. The van der Waals surface area contributed by atoms with Crippen molar-refractivity contribution < 1.29 is 9.53 Å². The van der Waals surface area contributed by atoms with Crippen molar-refractivity contribution in [2.75, 3.05) is 11.4 Å². The maximum Gasteiger partial charge on any atom is 0.416 e. The molecule has 0 radical (unpaired) electrons. The average molecular weight is 324 g/mol. The smallest absolute Gasteiger partial charge is 0.416 e. The Morgan fingerprint density at radius 2 is 2.00 bits per heavy atom. The number of anilines is 1. The van der Waals surface area contributed by atoms with Crippen molar-refractivity contribution in [2.24, 2.45) is 0 Å². The first-order chi connectivity index (χ1) is 10.2. The zero-order valence-electron chi connectivity index (χ0n) is 13.7. The molecule has 5 nitrogen and oxygen atoms in total. The molecule has 0 atom stereocenters. The van der Waals surface area contributed by atoms with Crippen molar-refractivity contribution in [1.29, 1.82) is 0 Å². The summed E-state index contributed by atoms with van der Waals surface area (Å²) in [4.78, 5) is 22.9. The number of carbonyl (C=O) groups excluding carboxylic acids is 1. The van der Waals surface area contributed by atoms with Gasteiger partial charge in [0.15, 0.2) is 0 Å². The number of rotatable bonds is 1. The van der Waals surface area contributed by atoms with E-state index in [1.54, 1.807) is 0 Å². The van der Waals surface area contributed by atoms with Gasteiger partial charge in [-0.2, -0.15) is 0 Å². The molecule has 0 bridgehead atoms. The third-order valence-corrected chi connectivity index (χ3v) is 3.43. The Hall–Kier alpha value is -1.62. The summed E-state index contributed by atoms with van der Waals surface area (Å²) in [5, 5.41) is 0.397. The van der Waals surface area contributed by atoms with Gasteiger partial charge in [0.05, 0.1) is 0 Å². The van der Waals surface area contributed by atoms with E-state index in [4.69, 9.17) is 16.3 Å². The minimum Gasteiger partial charge on any atom is -0.443 e. The van der Waals surface area contributed by atoms with Crippen LogP contribution in [0.3, 0.4) is 0 Å². The van der Waals surface area contributed by atoms with Crippen LogP contribution in [0.1, 0.15) is 51.9 Å². The van der Waals surface area contributed by atoms with Gasteiger partial charge in [-0.15, -0.1) is 0 Å².